The van der Waals surface area contributed by atoms with Crippen molar-refractivity contribution >= 4 is 11.8 Å². The summed E-state index contributed by atoms with van der Waals surface area (Å²) in [6.07, 6.45) is 8.81. The average Bonchev–Trinajstić information content (AvgIpc) is 2.98. The molecule has 0 bridgehead atoms. The number of likely N-dealkylation sites (N-methyl/N-ethyl adjacent to an activating group) is 1. The van der Waals surface area contributed by atoms with Gasteiger partial charge in [-0.3, -0.25) is 14.5 Å². The van der Waals surface area contributed by atoms with Crippen molar-refractivity contribution in [3.63, 3.8) is 0 Å². The molecular weight excluding hydrogens is 512 g/mol. The van der Waals surface area contributed by atoms with Gasteiger partial charge in [-0.15, -0.1) is 0 Å². The predicted octanol–water partition coefficient (Wildman–Crippen LogP) is 4.79. The molecule has 2 aromatic carbocycles. The number of amides is 2. The Labute approximate surface area is 245 Å². The Hall–Kier alpha value is -3.42. The monoisotopic (exact) mass is 558 g/mol. The number of fused-ring (bicyclic) bond motifs is 1. The van der Waals surface area contributed by atoms with E-state index in [4.69, 9.17) is 4.74 Å². The highest BCUT2D eigenvalue weighted by atomic mass is 16.5. The van der Waals surface area contributed by atoms with Crippen molar-refractivity contribution < 1.29 is 14.3 Å². The van der Waals surface area contributed by atoms with E-state index in [2.05, 4.69) is 55.4 Å². The molecule has 7 nitrogen and oxygen atoms in total. The van der Waals surface area contributed by atoms with E-state index < -0.39 is 12.1 Å². The van der Waals surface area contributed by atoms with Crippen LogP contribution in [0.5, 0.6) is 5.75 Å². The Kier molecular flexibility index (Phi) is 10.8. The summed E-state index contributed by atoms with van der Waals surface area (Å²) in [5.74, 6) is 0.542. The van der Waals surface area contributed by atoms with Gasteiger partial charge in [-0.05, 0) is 88.4 Å². The SMILES string of the molecule is CNC(C(=O)N1CCc2cc(OCc3ccccc3)ccc2C1C(=O)NCCN(C(C)C)C(C)C)C1=CCCC=C1. The molecule has 1 aliphatic heterocycles. The smallest absolute Gasteiger partial charge is 0.247 e. The summed E-state index contributed by atoms with van der Waals surface area (Å²) >= 11 is 0. The van der Waals surface area contributed by atoms with Crippen LogP contribution in [0.15, 0.2) is 72.3 Å². The fourth-order valence-electron chi connectivity index (χ4n) is 5.92. The Morgan fingerprint density at radius 3 is 2.46 bits per heavy atom. The van der Waals surface area contributed by atoms with E-state index in [9.17, 15) is 9.59 Å². The summed E-state index contributed by atoms with van der Waals surface area (Å²) in [4.78, 5) is 32.0. The summed E-state index contributed by atoms with van der Waals surface area (Å²) < 4.78 is 6.09. The maximum absolute atomic E-state index is 14.0. The number of benzene rings is 2. The lowest BCUT2D eigenvalue weighted by atomic mass is 9.90. The molecule has 2 aliphatic rings. The van der Waals surface area contributed by atoms with Gasteiger partial charge in [0.05, 0.1) is 0 Å². The van der Waals surface area contributed by atoms with Gasteiger partial charge in [-0.2, -0.15) is 0 Å². The first kappa shape index (κ1) is 30.5. The van der Waals surface area contributed by atoms with Gasteiger partial charge in [0.15, 0.2) is 0 Å². The van der Waals surface area contributed by atoms with E-state index in [0.29, 0.717) is 38.2 Å². The van der Waals surface area contributed by atoms with Crippen molar-refractivity contribution in [3.05, 3.63) is 89.0 Å². The van der Waals surface area contributed by atoms with Crippen molar-refractivity contribution in [2.24, 2.45) is 0 Å². The molecule has 0 spiro atoms. The van der Waals surface area contributed by atoms with Crippen LogP contribution in [0.4, 0.5) is 0 Å². The number of rotatable bonds is 12. The normalized spacial score (nSPS) is 17.4. The van der Waals surface area contributed by atoms with Crippen LogP contribution in [0.2, 0.25) is 0 Å². The number of carbonyl (C=O) groups is 2. The molecule has 2 atom stereocenters. The van der Waals surface area contributed by atoms with Crippen LogP contribution in [-0.2, 0) is 22.6 Å². The number of ether oxygens (including phenoxy) is 1. The number of allylic oxidation sites excluding steroid dienone is 2. The van der Waals surface area contributed by atoms with Crippen LogP contribution in [0.1, 0.15) is 63.3 Å². The Bertz CT molecular complexity index is 1230. The third-order valence-corrected chi connectivity index (χ3v) is 8.01. The third kappa shape index (κ3) is 7.66. The van der Waals surface area contributed by atoms with Gasteiger partial charge >= 0.3 is 0 Å². The highest BCUT2D eigenvalue weighted by Crippen LogP contribution is 2.34. The van der Waals surface area contributed by atoms with E-state index in [-0.39, 0.29) is 11.8 Å². The lowest BCUT2D eigenvalue weighted by Gasteiger charge is -2.39. The summed E-state index contributed by atoms with van der Waals surface area (Å²) in [6.45, 7) is 10.9. The first-order valence-corrected chi connectivity index (χ1v) is 15.0. The summed E-state index contributed by atoms with van der Waals surface area (Å²) in [6, 6.07) is 15.5. The van der Waals surface area contributed by atoms with E-state index >= 15 is 0 Å². The maximum Gasteiger partial charge on any atom is 0.247 e. The van der Waals surface area contributed by atoms with E-state index in [1.54, 1.807) is 4.90 Å². The Morgan fingerprint density at radius 2 is 1.80 bits per heavy atom. The number of hydrogen-bond donors (Lipinski definition) is 2. The fraction of sp³-hybridized carbons (Fsp3) is 0.471. The summed E-state index contributed by atoms with van der Waals surface area (Å²) in [5, 5.41) is 6.37. The molecule has 41 heavy (non-hydrogen) atoms. The van der Waals surface area contributed by atoms with Gasteiger partial charge in [0.2, 0.25) is 11.8 Å². The topological polar surface area (TPSA) is 73.9 Å². The summed E-state index contributed by atoms with van der Waals surface area (Å²) in [5.41, 5.74) is 3.97. The molecule has 0 radical (unpaired) electrons. The van der Waals surface area contributed by atoms with E-state index in [1.165, 1.54) is 0 Å². The minimum Gasteiger partial charge on any atom is -0.489 e. The standard InChI is InChI=1S/C34H46N4O3/c1-24(2)37(25(3)4)21-19-36-33(39)32-30-17-16-29(41-23-26-12-8-6-9-13-26)22-28(30)18-20-38(32)34(40)31(35-5)27-14-10-7-11-15-27/h6,8-10,12-17,22,24-25,31-32,35H,7,11,18-21,23H2,1-5H3,(H,36,39). The first-order chi connectivity index (χ1) is 19.8. The molecule has 2 aromatic rings. The highest BCUT2D eigenvalue weighted by molar-refractivity contribution is 5.93. The molecule has 0 aromatic heterocycles. The van der Waals surface area contributed by atoms with Crippen molar-refractivity contribution in [1.29, 1.82) is 0 Å². The zero-order chi connectivity index (χ0) is 29.4. The van der Waals surface area contributed by atoms with Crippen LogP contribution in [0.25, 0.3) is 0 Å². The van der Waals surface area contributed by atoms with Crippen molar-refractivity contribution in [3.8, 4) is 5.75 Å². The van der Waals surface area contributed by atoms with Gasteiger partial charge in [-0.25, -0.2) is 0 Å². The maximum atomic E-state index is 14.0. The number of carbonyl (C=O) groups excluding carboxylic acids is 2. The molecule has 7 heteroatoms. The molecule has 2 amide bonds. The van der Waals surface area contributed by atoms with Gasteiger partial charge < -0.3 is 20.3 Å². The first-order valence-electron chi connectivity index (χ1n) is 15.0. The van der Waals surface area contributed by atoms with Gasteiger partial charge in [0, 0.05) is 31.7 Å². The van der Waals surface area contributed by atoms with E-state index in [1.807, 2.05) is 61.7 Å². The van der Waals surface area contributed by atoms with Crippen molar-refractivity contribution in [2.75, 3.05) is 26.7 Å². The van der Waals surface area contributed by atoms with Crippen LogP contribution in [0.3, 0.4) is 0 Å². The fourth-order valence-corrected chi connectivity index (χ4v) is 5.92. The third-order valence-electron chi connectivity index (χ3n) is 8.01. The number of nitrogens with one attached hydrogen (secondary N) is 2. The molecule has 0 fully saturated rings. The molecule has 220 valence electrons. The molecule has 0 saturated heterocycles. The van der Waals surface area contributed by atoms with Crippen molar-refractivity contribution in [1.82, 2.24) is 20.4 Å². The number of hydrogen-bond acceptors (Lipinski definition) is 5. The molecule has 2 unspecified atom stereocenters. The summed E-state index contributed by atoms with van der Waals surface area (Å²) in [7, 11) is 1.81. The average molecular weight is 559 g/mol. The van der Waals surface area contributed by atoms with Crippen molar-refractivity contribution in [2.45, 2.75) is 77.7 Å². The van der Waals surface area contributed by atoms with Crippen LogP contribution in [-0.4, -0.2) is 66.4 Å². The Balaban J connectivity index is 1.57. The second kappa shape index (κ2) is 14.5. The predicted molar refractivity (Wildman–Crippen MR) is 165 cm³/mol. The van der Waals surface area contributed by atoms with Crippen LogP contribution < -0.4 is 15.4 Å². The second-order valence-corrected chi connectivity index (χ2v) is 11.4. The molecule has 0 saturated carbocycles. The highest BCUT2D eigenvalue weighted by Gasteiger charge is 2.39. The minimum atomic E-state index is -0.704. The zero-order valence-corrected chi connectivity index (χ0v) is 25.2. The molecule has 1 aliphatic carbocycles. The van der Waals surface area contributed by atoms with Gasteiger partial charge in [-0.1, -0.05) is 54.6 Å². The number of nitrogens with zero attached hydrogens (tertiary/aromatic N) is 2. The van der Waals surface area contributed by atoms with E-state index in [0.717, 1.165) is 47.4 Å². The van der Waals surface area contributed by atoms with Crippen LogP contribution in [0, 0.1) is 0 Å². The Morgan fingerprint density at radius 1 is 1.05 bits per heavy atom. The van der Waals surface area contributed by atoms with Crippen LogP contribution >= 0.6 is 0 Å². The largest absolute Gasteiger partial charge is 0.489 e. The molecule has 1 heterocycles. The second-order valence-electron chi connectivity index (χ2n) is 11.4. The van der Waals surface area contributed by atoms with Gasteiger partial charge in [0.1, 0.15) is 24.4 Å². The molecule has 4 rings (SSSR count). The quantitative estimate of drug-likeness (QED) is 0.392. The molecular formula is C34H46N4O3. The minimum absolute atomic E-state index is 0.0773. The zero-order valence-electron chi connectivity index (χ0n) is 25.2. The lowest BCUT2D eigenvalue weighted by Crippen LogP contribution is -2.54. The molecule has 2 N–H and O–H groups in total. The lowest BCUT2D eigenvalue weighted by molar-refractivity contribution is -0.142. The van der Waals surface area contributed by atoms with Gasteiger partial charge in [0.25, 0.3) is 0 Å².